The van der Waals surface area contributed by atoms with Crippen LogP contribution in [-0.4, -0.2) is 40.5 Å². The minimum absolute atomic E-state index is 0.0502. The molecule has 0 saturated heterocycles. The summed E-state index contributed by atoms with van der Waals surface area (Å²) in [7, 11) is 0. The van der Waals surface area contributed by atoms with Crippen molar-refractivity contribution >= 4 is 5.91 Å². The second-order valence-electron chi connectivity index (χ2n) is 6.57. The summed E-state index contributed by atoms with van der Waals surface area (Å²) in [5.41, 5.74) is 0.228. The number of nitrogens with zero attached hydrogens (tertiary/aromatic N) is 3. The molecule has 6 nitrogen and oxygen atoms in total. The first-order chi connectivity index (χ1) is 13.7. The zero-order valence-electron chi connectivity index (χ0n) is 16.8. The Labute approximate surface area is 166 Å². The molecule has 0 aliphatic rings. The molecule has 0 bridgehead atoms. The molecule has 0 spiro atoms. The van der Waals surface area contributed by atoms with Crippen LogP contribution in [0.15, 0.2) is 24.3 Å². The van der Waals surface area contributed by atoms with E-state index in [1.807, 2.05) is 6.92 Å². The molecule has 154 valence electrons. The standard InChI is InChI=1S/C21H30FN3O3/c1-3-5-6-7-8-9-14-19(26)25-20(17-12-10-11-13-18(17)22)23-21(24-25)28-16-15-27-4-2/h10-13H,3-9,14-16H2,1-2H3. The van der Waals surface area contributed by atoms with E-state index in [0.717, 1.165) is 19.3 Å². The lowest BCUT2D eigenvalue weighted by Gasteiger charge is -2.05. The first kappa shape index (κ1) is 22.0. The van der Waals surface area contributed by atoms with Crippen LogP contribution in [-0.2, 0) is 4.74 Å². The smallest absolute Gasteiger partial charge is 0.336 e. The van der Waals surface area contributed by atoms with Crippen molar-refractivity contribution in [2.45, 2.75) is 58.8 Å². The molecule has 2 rings (SSSR count). The van der Waals surface area contributed by atoms with E-state index in [9.17, 15) is 9.18 Å². The Bertz CT molecular complexity index is 733. The van der Waals surface area contributed by atoms with Crippen LogP contribution in [0.2, 0.25) is 0 Å². The highest BCUT2D eigenvalue weighted by molar-refractivity contribution is 5.82. The van der Waals surface area contributed by atoms with Gasteiger partial charge in [-0.3, -0.25) is 4.79 Å². The first-order valence-corrected chi connectivity index (χ1v) is 10.1. The van der Waals surface area contributed by atoms with Gasteiger partial charge in [0.05, 0.1) is 12.2 Å². The molecule has 0 aliphatic heterocycles. The fourth-order valence-electron chi connectivity index (χ4n) is 2.84. The molecule has 0 radical (unpaired) electrons. The summed E-state index contributed by atoms with van der Waals surface area (Å²) in [6, 6.07) is 6.26. The zero-order chi connectivity index (χ0) is 20.2. The van der Waals surface area contributed by atoms with E-state index >= 15 is 0 Å². The van der Waals surface area contributed by atoms with Crippen LogP contribution < -0.4 is 4.74 Å². The van der Waals surface area contributed by atoms with E-state index in [1.54, 1.807) is 18.2 Å². The number of hydrogen-bond donors (Lipinski definition) is 0. The molecule has 0 fully saturated rings. The van der Waals surface area contributed by atoms with E-state index in [1.165, 1.54) is 30.0 Å². The lowest BCUT2D eigenvalue weighted by atomic mass is 10.1. The van der Waals surface area contributed by atoms with Crippen molar-refractivity contribution < 1.29 is 18.7 Å². The molecule has 7 heteroatoms. The monoisotopic (exact) mass is 391 g/mol. The Morgan fingerprint density at radius 1 is 1.07 bits per heavy atom. The lowest BCUT2D eigenvalue weighted by Crippen LogP contribution is -2.14. The summed E-state index contributed by atoms with van der Waals surface area (Å²) in [5, 5.41) is 4.17. The molecule has 1 aromatic heterocycles. The number of ether oxygens (including phenoxy) is 2. The van der Waals surface area contributed by atoms with Crippen LogP contribution in [0.1, 0.15) is 63.6 Å². The van der Waals surface area contributed by atoms with Gasteiger partial charge in [-0.1, -0.05) is 51.2 Å². The molecular formula is C21H30FN3O3. The Hall–Kier alpha value is -2.28. The van der Waals surface area contributed by atoms with E-state index in [4.69, 9.17) is 9.47 Å². The molecule has 0 saturated carbocycles. The largest absolute Gasteiger partial charge is 0.460 e. The van der Waals surface area contributed by atoms with E-state index in [2.05, 4.69) is 17.0 Å². The summed E-state index contributed by atoms with van der Waals surface area (Å²) in [4.78, 5) is 16.9. The van der Waals surface area contributed by atoms with Gasteiger partial charge in [-0.25, -0.2) is 4.39 Å². The molecule has 28 heavy (non-hydrogen) atoms. The molecular weight excluding hydrogens is 361 g/mol. The molecule has 0 N–H and O–H groups in total. The molecule has 2 aromatic rings. The maximum Gasteiger partial charge on any atom is 0.336 e. The normalized spacial score (nSPS) is 11.0. The number of rotatable bonds is 13. The Balaban J connectivity index is 2.08. The highest BCUT2D eigenvalue weighted by Crippen LogP contribution is 2.23. The number of aromatic nitrogens is 3. The van der Waals surface area contributed by atoms with Crippen molar-refractivity contribution in [3.8, 4) is 17.4 Å². The number of carbonyl (C=O) groups is 1. The molecule has 0 aliphatic carbocycles. The van der Waals surface area contributed by atoms with Crippen molar-refractivity contribution in [1.29, 1.82) is 0 Å². The maximum atomic E-state index is 14.3. The van der Waals surface area contributed by atoms with Gasteiger partial charge in [0.15, 0.2) is 5.82 Å². The highest BCUT2D eigenvalue weighted by atomic mass is 19.1. The number of halogens is 1. The van der Waals surface area contributed by atoms with Gasteiger partial charge in [0.2, 0.25) is 5.91 Å². The Morgan fingerprint density at radius 2 is 1.82 bits per heavy atom. The van der Waals surface area contributed by atoms with Crippen molar-refractivity contribution in [3.63, 3.8) is 0 Å². The third-order valence-corrected chi connectivity index (χ3v) is 4.35. The van der Waals surface area contributed by atoms with Crippen LogP contribution >= 0.6 is 0 Å². The van der Waals surface area contributed by atoms with Crippen LogP contribution in [0, 0.1) is 5.82 Å². The minimum Gasteiger partial charge on any atom is -0.460 e. The topological polar surface area (TPSA) is 66.2 Å². The van der Waals surface area contributed by atoms with Gasteiger partial charge >= 0.3 is 6.01 Å². The van der Waals surface area contributed by atoms with Crippen molar-refractivity contribution in [2.75, 3.05) is 19.8 Å². The van der Waals surface area contributed by atoms with Gasteiger partial charge in [-0.2, -0.15) is 9.67 Å². The molecule has 1 aromatic carbocycles. The third-order valence-electron chi connectivity index (χ3n) is 4.35. The first-order valence-electron chi connectivity index (χ1n) is 10.1. The van der Waals surface area contributed by atoms with E-state index < -0.39 is 5.82 Å². The van der Waals surface area contributed by atoms with Crippen LogP contribution in [0.25, 0.3) is 11.4 Å². The van der Waals surface area contributed by atoms with Gasteiger partial charge in [-0.05, 0) is 25.5 Å². The second kappa shape index (κ2) is 12.2. The van der Waals surface area contributed by atoms with E-state index in [0.29, 0.717) is 19.6 Å². The van der Waals surface area contributed by atoms with Crippen molar-refractivity contribution in [1.82, 2.24) is 14.8 Å². The Kier molecular flexibility index (Phi) is 9.62. The van der Waals surface area contributed by atoms with Crippen molar-refractivity contribution in [2.24, 2.45) is 0 Å². The number of carbonyl (C=O) groups excluding carboxylic acids is 1. The fraction of sp³-hybridized carbons (Fsp3) is 0.571. The zero-order valence-corrected chi connectivity index (χ0v) is 16.8. The molecule has 0 unspecified atom stereocenters. The number of benzene rings is 1. The predicted molar refractivity (Wildman–Crippen MR) is 106 cm³/mol. The van der Waals surface area contributed by atoms with Gasteiger partial charge in [-0.15, -0.1) is 5.10 Å². The summed E-state index contributed by atoms with van der Waals surface area (Å²) in [5.74, 6) is -0.495. The average molecular weight is 391 g/mol. The third kappa shape index (κ3) is 6.71. The molecule has 1 heterocycles. The fourth-order valence-corrected chi connectivity index (χ4v) is 2.84. The summed E-state index contributed by atoms with van der Waals surface area (Å²) in [6.07, 6.45) is 6.83. The maximum absolute atomic E-state index is 14.3. The SMILES string of the molecule is CCCCCCCCC(=O)n1nc(OCCOCC)nc1-c1ccccc1F. The highest BCUT2D eigenvalue weighted by Gasteiger charge is 2.20. The van der Waals surface area contributed by atoms with Gasteiger partial charge in [0.25, 0.3) is 0 Å². The van der Waals surface area contributed by atoms with Crippen LogP contribution in [0.4, 0.5) is 4.39 Å². The van der Waals surface area contributed by atoms with Gasteiger partial charge in [0, 0.05) is 13.0 Å². The number of unbranched alkanes of at least 4 members (excludes halogenated alkanes) is 5. The summed E-state index contributed by atoms with van der Waals surface area (Å²) in [6.45, 7) is 5.31. The Morgan fingerprint density at radius 3 is 2.57 bits per heavy atom. The quantitative estimate of drug-likeness (QED) is 0.455. The minimum atomic E-state index is -0.454. The van der Waals surface area contributed by atoms with Crippen LogP contribution in [0.5, 0.6) is 6.01 Å². The summed E-state index contributed by atoms with van der Waals surface area (Å²) < 4.78 is 26.1. The van der Waals surface area contributed by atoms with Crippen LogP contribution in [0.3, 0.4) is 0 Å². The molecule has 0 atom stereocenters. The van der Waals surface area contributed by atoms with E-state index in [-0.39, 0.29) is 29.9 Å². The molecule has 0 amide bonds. The van der Waals surface area contributed by atoms with Gasteiger partial charge < -0.3 is 9.47 Å². The van der Waals surface area contributed by atoms with Gasteiger partial charge in [0.1, 0.15) is 12.4 Å². The second-order valence-corrected chi connectivity index (χ2v) is 6.57. The number of hydrogen-bond acceptors (Lipinski definition) is 5. The average Bonchev–Trinajstić information content (AvgIpc) is 3.12. The summed E-state index contributed by atoms with van der Waals surface area (Å²) >= 11 is 0. The predicted octanol–water partition coefficient (Wildman–Crippen LogP) is 4.89. The van der Waals surface area contributed by atoms with Crippen molar-refractivity contribution in [3.05, 3.63) is 30.1 Å². The lowest BCUT2D eigenvalue weighted by molar-refractivity contribution is 0.0878.